The lowest BCUT2D eigenvalue weighted by Crippen LogP contribution is -2.45. The number of hydrogen-bond acceptors (Lipinski definition) is 4. The predicted molar refractivity (Wildman–Crippen MR) is 143 cm³/mol. The van der Waals surface area contributed by atoms with E-state index in [0.29, 0.717) is 0 Å². The van der Waals surface area contributed by atoms with Gasteiger partial charge in [0.15, 0.2) is 5.65 Å². The number of likely N-dealkylation sites (N-methyl/N-ethyl adjacent to an activating group) is 1. The number of allylic oxidation sites excluding steroid dienone is 1. The topological polar surface area (TPSA) is 48.1 Å². The number of aromatic nitrogens is 3. The molecule has 2 aromatic heterocycles. The van der Waals surface area contributed by atoms with Gasteiger partial charge in [-0.3, -0.25) is 0 Å². The molecule has 34 heavy (non-hydrogen) atoms. The summed E-state index contributed by atoms with van der Waals surface area (Å²) in [5.74, 6) is 0. The third kappa shape index (κ3) is 4.01. The maximum Gasteiger partial charge on any atom is 0.160 e. The van der Waals surface area contributed by atoms with Crippen molar-refractivity contribution in [3.8, 4) is 22.4 Å². The lowest BCUT2D eigenvalue weighted by Gasteiger charge is -2.36. The van der Waals surface area contributed by atoms with Crippen LogP contribution in [0.1, 0.15) is 29.2 Å². The Bertz CT molecular complexity index is 1370. The first kappa shape index (κ1) is 22.4. The zero-order chi connectivity index (χ0) is 24.0. The molecule has 0 radical (unpaired) electrons. The van der Waals surface area contributed by atoms with Crippen LogP contribution in [-0.2, 0) is 0 Å². The molecular weight excluding hydrogens is 418 g/mol. The van der Waals surface area contributed by atoms with Gasteiger partial charge in [-0.15, -0.1) is 10.2 Å². The third-order valence-corrected chi connectivity index (χ3v) is 7.05. The molecule has 0 unspecified atom stereocenters. The average molecular weight is 452 g/mol. The molecule has 5 nitrogen and oxygen atoms in total. The van der Waals surface area contributed by atoms with Crippen molar-refractivity contribution in [1.29, 1.82) is 0 Å². The highest BCUT2D eigenvalue weighted by atomic mass is 15.2. The van der Waals surface area contributed by atoms with E-state index in [9.17, 15) is 0 Å². The van der Waals surface area contributed by atoms with Gasteiger partial charge in [-0.1, -0.05) is 24.3 Å². The summed E-state index contributed by atoms with van der Waals surface area (Å²) in [6.45, 7) is 17.1. The van der Waals surface area contributed by atoms with Gasteiger partial charge in [-0.2, -0.15) is 0 Å². The monoisotopic (exact) mass is 451 g/mol. The molecule has 0 saturated carbocycles. The molecule has 5 heteroatoms. The van der Waals surface area contributed by atoms with Crippen molar-refractivity contribution in [2.24, 2.45) is 0 Å². The zero-order valence-electron chi connectivity index (χ0n) is 20.9. The fourth-order valence-electron chi connectivity index (χ4n) is 5.18. The molecule has 4 aromatic rings. The van der Waals surface area contributed by atoms with E-state index in [-0.39, 0.29) is 0 Å². The number of rotatable bonds is 4. The van der Waals surface area contributed by atoms with Crippen LogP contribution >= 0.6 is 0 Å². The molecular formula is C29H33N5. The van der Waals surface area contributed by atoms with Crippen molar-refractivity contribution in [1.82, 2.24) is 20.1 Å². The Hall–Kier alpha value is -3.44. The number of H-pyrrole nitrogens is 1. The first-order valence-electron chi connectivity index (χ1n) is 12.0. The first-order valence-corrected chi connectivity index (χ1v) is 12.0. The largest absolute Gasteiger partial charge is 0.369 e. The fraction of sp³-hybridized carbons (Fsp3) is 0.310. The molecule has 1 saturated heterocycles. The predicted octanol–water partition coefficient (Wildman–Crippen LogP) is 6.00. The number of nitrogens with zero attached hydrogens (tertiary/aromatic N) is 4. The van der Waals surface area contributed by atoms with Crippen LogP contribution in [0.15, 0.2) is 49.2 Å². The number of nitrogens with one attached hydrogen (secondary N) is 1. The molecule has 0 amide bonds. The van der Waals surface area contributed by atoms with Crippen LogP contribution in [0.2, 0.25) is 0 Å². The fourth-order valence-corrected chi connectivity index (χ4v) is 5.18. The molecule has 0 atom stereocenters. The van der Waals surface area contributed by atoms with Crippen LogP contribution in [0.4, 0.5) is 5.69 Å². The summed E-state index contributed by atoms with van der Waals surface area (Å²) in [5.41, 5.74) is 12.6. The van der Waals surface area contributed by atoms with Crippen LogP contribution in [0.25, 0.3) is 39.0 Å². The Morgan fingerprint density at radius 2 is 1.59 bits per heavy atom. The van der Waals surface area contributed by atoms with Gasteiger partial charge in [-0.05, 0) is 86.8 Å². The van der Waals surface area contributed by atoms with E-state index in [1.807, 2.05) is 6.20 Å². The van der Waals surface area contributed by atoms with E-state index in [2.05, 4.69) is 103 Å². The van der Waals surface area contributed by atoms with Crippen LogP contribution < -0.4 is 4.90 Å². The van der Waals surface area contributed by atoms with Crippen LogP contribution in [0, 0.1) is 20.8 Å². The number of hydrogen-bond donors (Lipinski definition) is 1. The molecule has 1 fully saturated rings. The van der Waals surface area contributed by atoms with Crippen molar-refractivity contribution in [2.45, 2.75) is 27.7 Å². The lowest BCUT2D eigenvalue weighted by atomic mass is 9.96. The van der Waals surface area contributed by atoms with Crippen molar-refractivity contribution in [3.05, 3.63) is 71.4 Å². The van der Waals surface area contributed by atoms with E-state index < -0.39 is 0 Å². The Morgan fingerprint density at radius 1 is 0.882 bits per heavy atom. The summed E-state index contributed by atoms with van der Waals surface area (Å²) in [4.78, 5) is 8.21. The normalized spacial score (nSPS) is 14.7. The molecule has 0 bridgehead atoms. The van der Waals surface area contributed by atoms with Gasteiger partial charge in [0, 0.05) is 54.6 Å². The Balaban J connectivity index is 1.54. The number of aromatic amines is 1. The SMILES string of the molecule is C=C(C)c1cc(-c2c[nH]c3nnc(-c4cc(C)c(N5CCN(C)CC5)c(C)c4)cc23)ccc1C. The van der Waals surface area contributed by atoms with Crippen molar-refractivity contribution in [3.63, 3.8) is 0 Å². The van der Waals surface area contributed by atoms with Gasteiger partial charge < -0.3 is 14.8 Å². The van der Waals surface area contributed by atoms with Crippen LogP contribution in [-0.4, -0.2) is 53.3 Å². The minimum atomic E-state index is 0.804. The van der Waals surface area contributed by atoms with Gasteiger partial charge in [0.05, 0.1) is 5.69 Å². The number of anilines is 1. The van der Waals surface area contributed by atoms with Gasteiger partial charge in [0.2, 0.25) is 0 Å². The summed E-state index contributed by atoms with van der Waals surface area (Å²) < 4.78 is 0. The highest BCUT2D eigenvalue weighted by molar-refractivity contribution is 5.95. The van der Waals surface area contributed by atoms with E-state index >= 15 is 0 Å². The van der Waals surface area contributed by atoms with Gasteiger partial charge >= 0.3 is 0 Å². The number of fused-ring (bicyclic) bond motifs is 1. The quantitative estimate of drug-likeness (QED) is 0.413. The standard InChI is InChI=1S/C29H33N5/c1-18(2)24-15-22(8-7-19(24)3)26-17-30-29-25(26)16-27(31-32-29)23-13-20(4)28(21(5)14-23)34-11-9-33(6)10-12-34/h7-8,13-17H,1,9-12H2,2-6H3,(H,30,32). The lowest BCUT2D eigenvalue weighted by molar-refractivity contribution is 0.312. The molecule has 1 aliphatic rings. The molecule has 174 valence electrons. The highest BCUT2D eigenvalue weighted by Gasteiger charge is 2.19. The summed E-state index contributed by atoms with van der Waals surface area (Å²) in [7, 11) is 2.19. The second-order valence-corrected chi connectivity index (χ2v) is 9.75. The first-order chi connectivity index (χ1) is 16.3. The molecule has 5 rings (SSSR count). The van der Waals surface area contributed by atoms with Gasteiger partial charge in [0.25, 0.3) is 0 Å². The molecule has 1 aliphatic heterocycles. The van der Waals surface area contributed by atoms with Crippen molar-refractivity contribution in [2.75, 3.05) is 38.1 Å². The van der Waals surface area contributed by atoms with Crippen LogP contribution in [0.5, 0.6) is 0 Å². The summed E-state index contributed by atoms with van der Waals surface area (Å²) >= 11 is 0. The van der Waals surface area contributed by atoms with Gasteiger partial charge in [-0.25, -0.2) is 0 Å². The van der Waals surface area contributed by atoms with Gasteiger partial charge in [0.1, 0.15) is 0 Å². The minimum absolute atomic E-state index is 0.804. The second-order valence-electron chi connectivity index (χ2n) is 9.75. The number of benzene rings is 2. The van der Waals surface area contributed by atoms with Crippen molar-refractivity contribution < 1.29 is 0 Å². The Kier molecular flexibility index (Phi) is 5.74. The molecule has 1 N–H and O–H groups in total. The summed E-state index contributed by atoms with van der Waals surface area (Å²) in [5, 5.41) is 10.2. The third-order valence-electron chi connectivity index (χ3n) is 7.05. The van der Waals surface area contributed by atoms with E-state index in [0.717, 1.165) is 65.2 Å². The number of aryl methyl sites for hydroxylation is 3. The summed E-state index contributed by atoms with van der Waals surface area (Å²) in [6.07, 6.45) is 2.03. The van der Waals surface area contributed by atoms with E-state index in [1.165, 1.54) is 27.9 Å². The highest BCUT2D eigenvalue weighted by Crippen LogP contribution is 2.35. The maximum atomic E-state index is 4.56. The second kappa shape index (κ2) is 8.73. The maximum absolute atomic E-state index is 4.56. The zero-order valence-corrected chi connectivity index (χ0v) is 20.9. The van der Waals surface area contributed by atoms with E-state index in [4.69, 9.17) is 0 Å². The van der Waals surface area contributed by atoms with Crippen LogP contribution in [0.3, 0.4) is 0 Å². The average Bonchev–Trinajstić information content (AvgIpc) is 3.23. The smallest absolute Gasteiger partial charge is 0.160 e. The summed E-state index contributed by atoms with van der Waals surface area (Å²) in [6, 6.07) is 13.2. The molecule has 0 aliphatic carbocycles. The number of piperazine rings is 1. The molecule has 2 aromatic carbocycles. The molecule has 3 heterocycles. The van der Waals surface area contributed by atoms with Crippen molar-refractivity contribution >= 4 is 22.3 Å². The molecule has 0 spiro atoms. The minimum Gasteiger partial charge on any atom is -0.369 e. The Labute approximate surface area is 202 Å². The van der Waals surface area contributed by atoms with E-state index in [1.54, 1.807) is 0 Å². The Morgan fingerprint density at radius 3 is 2.26 bits per heavy atom.